The number of pyridine rings is 1. The zero-order valence-corrected chi connectivity index (χ0v) is 19.2. The smallest absolute Gasteiger partial charge is 0.210 e. The molecule has 0 saturated carbocycles. The van der Waals surface area contributed by atoms with Crippen LogP contribution in [0.2, 0.25) is 5.02 Å². The average molecular weight is 461 g/mol. The lowest BCUT2D eigenvalue weighted by Gasteiger charge is -2.27. The first-order valence-corrected chi connectivity index (χ1v) is 12.1. The number of halogens is 1. The summed E-state index contributed by atoms with van der Waals surface area (Å²) < 4.78 is 38.2. The molecule has 0 atom stereocenters. The van der Waals surface area contributed by atoms with Crippen LogP contribution >= 0.6 is 11.6 Å². The van der Waals surface area contributed by atoms with E-state index in [-0.39, 0.29) is 9.79 Å². The third kappa shape index (κ3) is 4.16. The zero-order chi connectivity index (χ0) is 22.0. The van der Waals surface area contributed by atoms with E-state index in [1.54, 1.807) is 32.4 Å². The second-order valence-electron chi connectivity index (χ2n) is 7.55. The van der Waals surface area contributed by atoms with Gasteiger partial charge in [0.15, 0.2) is 11.5 Å². The minimum Gasteiger partial charge on any atom is -0.493 e. The number of methoxy groups -OCH3 is 2. The fourth-order valence-electron chi connectivity index (χ4n) is 4.04. The fraction of sp³-hybridized carbons (Fsp3) is 0.348. The molecule has 0 N–H and O–H groups in total. The van der Waals surface area contributed by atoms with Gasteiger partial charge in [-0.2, -0.15) is 0 Å². The highest BCUT2D eigenvalue weighted by Crippen LogP contribution is 2.41. The maximum absolute atomic E-state index is 13.7. The molecule has 1 aliphatic rings. The van der Waals surface area contributed by atoms with E-state index in [9.17, 15) is 8.42 Å². The van der Waals surface area contributed by atoms with Crippen molar-refractivity contribution in [2.24, 2.45) is 0 Å². The normalized spacial score (nSPS) is 15.0. The monoisotopic (exact) mass is 460 g/mol. The molecule has 0 spiro atoms. The molecule has 2 aromatic carbocycles. The first kappa shape index (κ1) is 21.7. The van der Waals surface area contributed by atoms with E-state index in [2.05, 4.69) is 9.88 Å². The molecule has 8 heteroatoms. The van der Waals surface area contributed by atoms with Gasteiger partial charge in [-0.15, -0.1) is 0 Å². The molecular formula is C23H25ClN2O4S. The summed E-state index contributed by atoms with van der Waals surface area (Å²) in [6, 6.07) is 9.84. The Morgan fingerprint density at radius 3 is 2.16 bits per heavy atom. The number of fused-ring (bicyclic) bond motifs is 1. The number of hydrogen-bond donors (Lipinski definition) is 0. The predicted octanol–water partition coefficient (Wildman–Crippen LogP) is 5.12. The Morgan fingerprint density at radius 2 is 1.55 bits per heavy atom. The SMILES string of the molecule is COc1cc2ncc(S(=O)(=O)c3ccc(Cl)cc3)c(N3CCCCCC3)c2cc1OC. The van der Waals surface area contributed by atoms with Crippen LogP contribution in [0, 0.1) is 0 Å². The van der Waals surface area contributed by atoms with Crippen molar-refractivity contribution in [1.82, 2.24) is 4.98 Å². The molecule has 1 saturated heterocycles. The maximum Gasteiger partial charge on any atom is 0.210 e. The summed E-state index contributed by atoms with van der Waals surface area (Å²) in [4.78, 5) is 7.04. The largest absolute Gasteiger partial charge is 0.493 e. The summed E-state index contributed by atoms with van der Waals surface area (Å²) in [5.41, 5.74) is 1.33. The topological polar surface area (TPSA) is 68.7 Å². The van der Waals surface area contributed by atoms with Crippen molar-refractivity contribution in [3.8, 4) is 11.5 Å². The van der Waals surface area contributed by atoms with Gasteiger partial charge in [-0.25, -0.2) is 8.42 Å². The molecule has 1 aliphatic heterocycles. The molecule has 0 bridgehead atoms. The summed E-state index contributed by atoms with van der Waals surface area (Å²) in [6.07, 6.45) is 5.75. The molecule has 3 aromatic rings. The number of rotatable bonds is 5. The van der Waals surface area contributed by atoms with Crippen LogP contribution in [0.3, 0.4) is 0 Å². The second-order valence-corrected chi connectivity index (χ2v) is 9.91. The van der Waals surface area contributed by atoms with Crippen LogP contribution in [0.15, 0.2) is 52.4 Å². The van der Waals surface area contributed by atoms with E-state index in [0.717, 1.165) is 44.2 Å². The molecule has 0 unspecified atom stereocenters. The van der Waals surface area contributed by atoms with Crippen molar-refractivity contribution in [3.05, 3.63) is 47.6 Å². The summed E-state index contributed by atoms with van der Waals surface area (Å²) >= 11 is 5.98. The molecule has 2 heterocycles. The van der Waals surface area contributed by atoms with Crippen LogP contribution in [0.5, 0.6) is 11.5 Å². The lowest BCUT2D eigenvalue weighted by Crippen LogP contribution is -2.26. The maximum atomic E-state index is 13.7. The molecular weight excluding hydrogens is 436 g/mol. The molecule has 31 heavy (non-hydrogen) atoms. The standard InChI is InChI=1S/C23H25ClN2O4S/c1-29-20-13-18-19(14-21(20)30-2)25-15-22(23(18)26-11-5-3-4-6-12-26)31(27,28)17-9-7-16(24)8-10-17/h7-10,13-15H,3-6,11-12H2,1-2H3. The summed E-state index contributed by atoms with van der Waals surface area (Å²) in [6.45, 7) is 1.58. The molecule has 1 aromatic heterocycles. The van der Waals surface area contributed by atoms with Gasteiger partial charge in [0.05, 0.1) is 30.3 Å². The highest BCUT2D eigenvalue weighted by molar-refractivity contribution is 7.91. The van der Waals surface area contributed by atoms with Crippen molar-refractivity contribution in [1.29, 1.82) is 0 Å². The highest BCUT2D eigenvalue weighted by Gasteiger charge is 2.28. The van der Waals surface area contributed by atoms with Crippen LogP contribution in [-0.4, -0.2) is 40.7 Å². The number of sulfone groups is 1. The molecule has 0 radical (unpaired) electrons. The lowest BCUT2D eigenvalue weighted by atomic mass is 10.1. The Bertz CT molecular complexity index is 1190. The average Bonchev–Trinajstić information content (AvgIpc) is 3.06. The van der Waals surface area contributed by atoms with E-state index in [4.69, 9.17) is 21.1 Å². The van der Waals surface area contributed by atoms with Crippen molar-refractivity contribution < 1.29 is 17.9 Å². The quantitative estimate of drug-likeness (QED) is 0.526. The van der Waals surface area contributed by atoms with E-state index in [1.165, 1.54) is 18.3 Å². The van der Waals surface area contributed by atoms with Crippen LogP contribution in [0.4, 0.5) is 5.69 Å². The van der Waals surface area contributed by atoms with Gasteiger partial charge in [-0.3, -0.25) is 4.98 Å². The van der Waals surface area contributed by atoms with Gasteiger partial charge in [0.25, 0.3) is 0 Å². The third-order valence-corrected chi connectivity index (χ3v) is 7.67. The van der Waals surface area contributed by atoms with E-state index < -0.39 is 9.84 Å². The molecule has 0 aliphatic carbocycles. The van der Waals surface area contributed by atoms with Gasteiger partial charge >= 0.3 is 0 Å². The molecule has 164 valence electrons. The number of hydrogen-bond acceptors (Lipinski definition) is 6. The molecule has 0 amide bonds. The van der Waals surface area contributed by atoms with Crippen molar-refractivity contribution in [3.63, 3.8) is 0 Å². The van der Waals surface area contributed by atoms with Crippen LogP contribution in [0.25, 0.3) is 10.9 Å². The van der Waals surface area contributed by atoms with Gasteiger partial charge < -0.3 is 14.4 Å². The van der Waals surface area contributed by atoms with Gasteiger partial charge in [0.2, 0.25) is 9.84 Å². The Hall–Kier alpha value is -2.51. The molecule has 6 nitrogen and oxygen atoms in total. The Kier molecular flexibility index (Phi) is 6.25. The van der Waals surface area contributed by atoms with Crippen LogP contribution in [0.1, 0.15) is 25.7 Å². The number of aromatic nitrogens is 1. The Morgan fingerprint density at radius 1 is 0.935 bits per heavy atom. The van der Waals surface area contributed by atoms with Crippen molar-refractivity contribution in [2.75, 3.05) is 32.2 Å². The minimum absolute atomic E-state index is 0.189. The number of anilines is 1. The van der Waals surface area contributed by atoms with Crippen molar-refractivity contribution >= 4 is 38.0 Å². The van der Waals surface area contributed by atoms with Crippen molar-refractivity contribution in [2.45, 2.75) is 35.5 Å². The predicted molar refractivity (Wildman–Crippen MR) is 122 cm³/mol. The van der Waals surface area contributed by atoms with Crippen LogP contribution in [-0.2, 0) is 9.84 Å². The first-order chi connectivity index (χ1) is 15.0. The van der Waals surface area contributed by atoms with E-state index >= 15 is 0 Å². The fourth-order valence-corrected chi connectivity index (χ4v) is 5.60. The number of nitrogens with zero attached hydrogens (tertiary/aromatic N) is 2. The lowest BCUT2D eigenvalue weighted by molar-refractivity contribution is 0.356. The Balaban J connectivity index is 1.99. The van der Waals surface area contributed by atoms with Gasteiger partial charge in [0, 0.05) is 35.8 Å². The van der Waals surface area contributed by atoms with Crippen LogP contribution < -0.4 is 14.4 Å². The van der Waals surface area contributed by atoms with Gasteiger partial charge in [-0.05, 0) is 43.2 Å². The third-order valence-electron chi connectivity index (χ3n) is 5.65. The summed E-state index contributed by atoms with van der Waals surface area (Å²) in [5.74, 6) is 1.09. The van der Waals surface area contributed by atoms with Gasteiger partial charge in [-0.1, -0.05) is 24.4 Å². The molecule has 4 rings (SSSR count). The minimum atomic E-state index is -3.81. The highest BCUT2D eigenvalue weighted by atomic mass is 35.5. The number of benzene rings is 2. The second kappa shape index (κ2) is 8.93. The van der Waals surface area contributed by atoms with E-state index in [1.807, 2.05) is 6.07 Å². The number of ether oxygens (including phenoxy) is 2. The Labute approximate surface area is 187 Å². The zero-order valence-electron chi connectivity index (χ0n) is 17.6. The first-order valence-electron chi connectivity index (χ1n) is 10.3. The summed E-state index contributed by atoms with van der Waals surface area (Å²) in [5, 5.41) is 1.22. The van der Waals surface area contributed by atoms with E-state index in [0.29, 0.717) is 27.7 Å². The van der Waals surface area contributed by atoms with Gasteiger partial charge in [0.1, 0.15) is 4.90 Å². The molecule has 1 fully saturated rings. The summed E-state index contributed by atoms with van der Waals surface area (Å²) in [7, 11) is -0.675.